The lowest BCUT2D eigenvalue weighted by atomic mass is 10.1. The van der Waals surface area contributed by atoms with Gasteiger partial charge in [-0.1, -0.05) is 12.8 Å². The molecular formula is C20H26F2N4O2S. The molecule has 2 heterocycles. The lowest BCUT2D eigenvalue weighted by Crippen LogP contribution is -2.42. The minimum Gasteiger partial charge on any atom is -0.382 e. The first kappa shape index (κ1) is 20.6. The van der Waals surface area contributed by atoms with E-state index in [0.29, 0.717) is 35.2 Å². The van der Waals surface area contributed by atoms with Crippen LogP contribution >= 0.6 is 11.8 Å². The Morgan fingerprint density at radius 2 is 2.14 bits per heavy atom. The lowest BCUT2D eigenvalue weighted by molar-refractivity contribution is -0.160. The summed E-state index contributed by atoms with van der Waals surface area (Å²) in [6.07, 6.45) is 5.38. The van der Waals surface area contributed by atoms with Gasteiger partial charge in [-0.2, -0.15) is 0 Å². The van der Waals surface area contributed by atoms with E-state index in [1.54, 1.807) is 6.07 Å². The van der Waals surface area contributed by atoms with E-state index >= 15 is 0 Å². The van der Waals surface area contributed by atoms with Crippen LogP contribution < -0.4 is 16.6 Å². The number of anilines is 1. The molecule has 29 heavy (non-hydrogen) atoms. The monoisotopic (exact) mass is 424 g/mol. The van der Waals surface area contributed by atoms with Crippen LogP contribution in [0.25, 0.3) is 10.9 Å². The Hall–Kier alpha value is -1.71. The van der Waals surface area contributed by atoms with Gasteiger partial charge in [0.05, 0.1) is 24.4 Å². The standard InChI is InChI=1S/C20H26F2N4O2S/c21-15-7-13(24-12-3-1-2-4-12)8-16-18(15)19(27)26-17(25-16)10-29-14-5-6-20(22,11-23)28-9-14/h7-8,12,14,24H,1-6,9-11,23H2,(H,25,26,27)/t14-,20-/m1/s1. The Labute approximate surface area is 172 Å². The minimum absolute atomic E-state index is 0.0260. The molecule has 0 bridgehead atoms. The fourth-order valence-corrected chi connectivity index (χ4v) is 4.97. The second-order valence-electron chi connectivity index (χ2n) is 7.86. The number of halogens is 2. The molecule has 0 amide bonds. The van der Waals surface area contributed by atoms with Gasteiger partial charge in [-0.15, -0.1) is 11.8 Å². The number of alkyl halides is 1. The van der Waals surface area contributed by atoms with E-state index in [1.807, 2.05) is 0 Å². The molecule has 1 aliphatic carbocycles. The summed E-state index contributed by atoms with van der Waals surface area (Å²) < 4.78 is 33.8. The third kappa shape index (κ3) is 4.73. The largest absolute Gasteiger partial charge is 0.382 e. The molecule has 1 aromatic carbocycles. The SMILES string of the molecule is NC[C@@]1(F)CC[C@@H](SCc2nc3cc(NC4CCCC4)cc(F)c3c(=O)[nH]2)CO1. The van der Waals surface area contributed by atoms with Crippen LogP contribution in [-0.2, 0) is 10.5 Å². The van der Waals surface area contributed by atoms with Gasteiger partial charge in [0, 0.05) is 23.4 Å². The van der Waals surface area contributed by atoms with Gasteiger partial charge < -0.3 is 20.8 Å². The second-order valence-corrected chi connectivity index (χ2v) is 9.15. The van der Waals surface area contributed by atoms with Crippen molar-refractivity contribution in [2.75, 3.05) is 18.5 Å². The topological polar surface area (TPSA) is 93.0 Å². The van der Waals surface area contributed by atoms with Crippen LogP contribution in [0.4, 0.5) is 14.5 Å². The molecule has 1 saturated heterocycles. The lowest BCUT2D eigenvalue weighted by Gasteiger charge is -2.32. The molecular weight excluding hydrogens is 398 g/mol. The van der Waals surface area contributed by atoms with E-state index in [1.165, 1.54) is 30.7 Å². The quantitative estimate of drug-likeness (QED) is 0.658. The highest BCUT2D eigenvalue weighted by molar-refractivity contribution is 7.99. The summed E-state index contributed by atoms with van der Waals surface area (Å²) in [6, 6.07) is 3.44. The number of nitrogens with zero attached hydrogens (tertiary/aromatic N) is 1. The number of nitrogens with two attached hydrogens (primary N) is 1. The molecule has 0 spiro atoms. The Balaban J connectivity index is 1.47. The van der Waals surface area contributed by atoms with Crippen molar-refractivity contribution in [2.45, 2.75) is 61.4 Å². The van der Waals surface area contributed by atoms with Crippen molar-refractivity contribution in [3.63, 3.8) is 0 Å². The summed E-state index contributed by atoms with van der Waals surface area (Å²) in [4.78, 5) is 19.5. The normalized spacial score (nSPS) is 25.6. The first-order valence-corrected chi connectivity index (χ1v) is 11.1. The molecule has 1 aliphatic heterocycles. The number of ether oxygens (including phenoxy) is 1. The van der Waals surface area contributed by atoms with Crippen molar-refractivity contribution in [3.05, 3.63) is 34.1 Å². The van der Waals surface area contributed by atoms with Gasteiger partial charge in [-0.25, -0.2) is 13.8 Å². The summed E-state index contributed by atoms with van der Waals surface area (Å²) in [5.74, 6) is -1.39. The number of thioether (sulfide) groups is 1. The van der Waals surface area contributed by atoms with Crippen LogP contribution in [0.3, 0.4) is 0 Å². The van der Waals surface area contributed by atoms with Crippen LogP contribution in [0.5, 0.6) is 0 Å². The van der Waals surface area contributed by atoms with Crippen molar-refractivity contribution in [3.8, 4) is 0 Å². The van der Waals surface area contributed by atoms with E-state index in [-0.39, 0.29) is 30.2 Å². The van der Waals surface area contributed by atoms with Gasteiger partial charge in [0.15, 0.2) is 0 Å². The van der Waals surface area contributed by atoms with E-state index in [2.05, 4.69) is 15.3 Å². The fourth-order valence-electron chi connectivity index (χ4n) is 3.99. The zero-order chi connectivity index (χ0) is 20.4. The minimum atomic E-state index is -1.73. The molecule has 9 heteroatoms. The van der Waals surface area contributed by atoms with Crippen molar-refractivity contribution in [1.82, 2.24) is 9.97 Å². The van der Waals surface area contributed by atoms with E-state index in [4.69, 9.17) is 10.5 Å². The van der Waals surface area contributed by atoms with Gasteiger partial charge >= 0.3 is 0 Å². The van der Waals surface area contributed by atoms with Crippen LogP contribution in [0.15, 0.2) is 16.9 Å². The van der Waals surface area contributed by atoms with E-state index < -0.39 is 17.2 Å². The molecule has 2 aromatic rings. The predicted molar refractivity (Wildman–Crippen MR) is 111 cm³/mol. The van der Waals surface area contributed by atoms with Crippen LogP contribution in [-0.4, -0.2) is 40.3 Å². The van der Waals surface area contributed by atoms with Crippen molar-refractivity contribution in [1.29, 1.82) is 0 Å². The number of benzene rings is 1. The maximum absolute atomic E-state index is 14.5. The number of rotatable bonds is 6. The van der Waals surface area contributed by atoms with E-state index in [9.17, 15) is 13.6 Å². The maximum atomic E-state index is 14.5. The molecule has 2 fully saturated rings. The maximum Gasteiger partial charge on any atom is 0.261 e. The van der Waals surface area contributed by atoms with Crippen molar-refractivity contribution < 1.29 is 13.5 Å². The molecule has 0 unspecified atom stereocenters. The number of fused-ring (bicyclic) bond motifs is 1. The molecule has 2 aliphatic rings. The van der Waals surface area contributed by atoms with E-state index in [0.717, 1.165) is 12.8 Å². The third-order valence-electron chi connectivity index (χ3n) is 5.66. The molecule has 6 nitrogen and oxygen atoms in total. The first-order valence-electron chi connectivity index (χ1n) is 10.1. The summed E-state index contributed by atoms with van der Waals surface area (Å²) in [5.41, 5.74) is 5.91. The van der Waals surface area contributed by atoms with Crippen LogP contribution in [0, 0.1) is 5.82 Å². The summed E-state index contributed by atoms with van der Waals surface area (Å²) >= 11 is 1.54. The number of aromatic nitrogens is 2. The second kappa shape index (κ2) is 8.57. The number of H-pyrrole nitrogens is 1. The Kier molecular flexibility index (Phi) is 6.08. The molecule has 2 atom stereocenters. The average Bonchev–Trinajstić information content (AvgIpc) is 3.20. The van der Waals surface area contributed by atoms with Crippen molar-refractivity contribution >= 4 is 28.4 Å². The fraction of sp³-hybridized carbons (Fsp3) is 0.600. The Morgan fingerprint density at radius 3 is 2.83 bits per heavy atom. The van der Waals surface area contributed by atoms with Gasteiger partial charge in [-0.3, -0.25) is 4.79 Å². The molecule has 4 N–H and O–H groups in total. The Bertz CT molecular complexity index is 925. The zero-order valence-corrected chi connectivity index (χ0v) is 17.0. The summed E-state index contributed by atoms with van der Waals surface area (Å²) in [6.45, 7) is 0.118. The molecule has 0 radical (unpaired) electrons. The van der Waals surface area contributed by atoms with Gasteiger partial charge in [0.25, 0.3) is 5.56 Å². The van der Waals surface area contributed by atoms with Gasteiger partial charge in [0.1, 0.15) is 17.0 Å². The highest BCUT2D eigenvalue weighted by atomic mass is 32.2. The highest BCUT2D eigenvalue weighted by Gasteiger charge is 2.35. The predicted octanol–water partition coefficient (Wildman–Crippen LogP) is 3.45. The number of aromatic amines is 1. The van der Waals surface area contributed by atoms with Crippen LogP contribution in [0.2, 0.25) is 0 Å². The average molecular weight is 425 g/mol. The highest BCUT2D eigenvalue weighted by Crippen LogP contribution is 2.32. The van der Waals surface area contributed by atoms with Gasteiger partial charge in [0.2, 0.25) is 5.85 Å². The smallest absolute Gasteiger partial charge is 0.261 e. The zero-order valence-electron chi connectivity index (χ0n) is 16.2. The van der Waals surface area contributed by atoms with Gasteiger partial charge in [-0.05, 0) is 31.4 Å². The number of hydrogen-bond acceptors (Lipinski definition) is 6. The third-order valence-corrected chi connectivity index (χ3v) is 6.95. The molecule has 158 valence electrons. The first-order chi connectivity index (χ1) is 14.0. The van der Waals surface area contributed by atoms with Crippen molar-refractivity contribution in [2.24, 2.45) is 5.73 Å². The molecule has 4 rings (SSSR count). The number of nitrogens with one attached hydrogen (secondary N) is 2. The van der Waals surface area contributed by atoms with Crippen LogP contribution in [0.1, 0.15) is 44.3 Å². The summed E-state index contributed by atoms with van der Waals surface area (Å²) in [5, 5.41) is 3.42. The molecule has 1 saturated carbocycles. The summed E-state index contributed by atoms with van der Waals surface area (Å²) in [7, 11) is 0. The Morgan fingerprint density at radius 1 is 1.34 bits per heavy atom. The molecule has 1 aromatic heterocycles. The number of hydrogen-bond donors (Lipinski definition) is 3.